The minimum Gasteiger partial charge on any atom is -0.494 e. The SMILES string of the molecule is CCCCCCCOc1ccc(C(=O)NC(=S)Nc2ccc(C(=O)NC(C)(C)C)cc2)cc1. The number of unbranched alkanes of at least 4 members (excludes halogenated alkanes) is 4. The molecule has 2 aromatic rings. The number of hydrogen-bond donors (Lipinski definition) is 3. The molecule has 0 heterocycles. The van der Waals surface area contributed by atoms with Crippen molar-refractivity contribution in [2.24, 2.45) is 0 Å². The molecule has 0 spiro atoms. The summed E-state index contributed by atoms with van der Waals surface area (Å²) in [6.45, 7) is 8.67. The molecule has 2 amide bonds. The van der Waals surface area contributed by atoms with Gasteiger partial charge in [0.25, 0.3) is 11.8 Å². The summed E-state index contributed by atoms with van der Waals surface area (Å²) in [5.74, 6) is 0.298. The van der Waals surface area contributed by atoms with Crippen LogP contribution in [0.25, 0.3) is 0 Å². The number of carbonyl (C=O) groups excluding carboxylic acids is 2. The van der Waals surface area contributed by atoms with Crippen LogP contribution in [0.1, 0.15) is 80.5 Å². The van der Waals surface area contributed by atoms with Crippen molar-refractivity contribution in [2.45, 2.75) is 65.3 Å². The van der Waals surface area contributed by atoms with E-state index in [1.807, 2.05) is 20.8 Å². The van der Waals surface area contributed by atoms with Crippen LogP contribution in [0.15, 0.2) is 48.5 Å². The summed E-state index contributed by atoms with van der Waals surface area (Å²) in [5, 5.41) is 8.72. The van der Waals surface area contributed by atoms with Gasteiger partial charge in [0.2, 0.25) is 0 Å². The molecule has 0 aromatic heterocycles. The highest BCUT2D eigenvalue weighted by atomic mass is 32.1. The van der Waals surface area contributed by atoms with Crippen LogP contribution < -0.4 is 20.7 Å². The summed E-state index contributed by atoms with van der Waals surface area (Å²) in [6, 6.07) is 13.9. The lowest BCUT2D eigenvalue weighted by molar-refractivity contribution is 0.0918. The van der Waals surface area contributed by atoms with Crippen LogP contribution in [0, 0.1) is 0 Å². The van der Waals surface area contributed by atoms with E-state index < -0.39 is 0 Å². The second kappa shape index (κ2) is 12.9. The Bertz CT molecular complexity index is 919. The smallest absolute Gasteiger partial charge is 0.257 e. The minimum atomic E-state index is -0.307. The number of thiocarbonyl (C=S) groups is 1. The summed E-state index contributed by atoms with van der Waals surface area (Å²) in [5.41, 5.74) is 1.41. The third kappa shape index (κ3) is 10.0. The summed E-state index contributed by atoms with van der Waals surface area (Å²) >= 11 is 5.25. The fourth-order valence-corrected chi connectivity index (χ4v) is 3.26. The van der Waals surface area contributed by atoms with E-state index in [2.05, 4.69) is 22.9 Å². The van der Waals surface area contributed by atoms with Crippen molar-refractivity contribution in [2.75, 3.05) is 11.9 Å². The normalized spacial score (nSPS) is 10.9. The number of amides is 2. The van der Waals surface area contributed by atoms with E-state index >= 15 is 0 Å². The number of rotatable bonds is 10. The number of ether oxygens (including phenoxy) is 1. The van der Waals surface area contributed by atoms with Crippen LogP contribution in [-0.2, 0) is 0 Å². The number of carbonyl (C=O) groups is 2. The molecule has 6 nitrogen and oxygen atoms in total. The fraction of sp³-hybridized carbons (Fsp3) is 0.423. The number of benzene rings is 2. The molecule has 0 unspecified atom stereocenters. The zero-order chi connectivity index (χ0) is 24.3. The Hall–Kier alpha value is -2.93. The van der Waals surface area contributed by atoms with Crippen molar-refractivity contribution in [1.29, 1.82) is 0 Å². The Morgan fingerprint density at radius 3 is 2.03 bits per heavy atom. The average Bonchev–Trinajstić information content (AvgIpc) is 2.75. The molecule has 0 atom stereocenters. The quantitative estimate of drug-likeness (QED) is 0.308. The van der Waals surface area contributed by atoms with Gasteiger partial charge in [-0.3, -0.25) is 14.9 Å². The predicted octanol–water partition coefficient (Wildman–Crippen LogP) is 5.69. The first-order valence-electron chi connectivity index (χ1n) is 11.5. The summed E-state index contributed by atoms with van der Waals surface area (Å²) in [4.78, 5) is 24.7. The number of anilines is 1. The molecule has 0 radical (unpaired) electrons. The summed E-state index contributed by atoms with van der Waals surface area (Å²) in [6.07, 6.45) is 5.94. The minimum absolute atomic E-state index is 0.145. The highest BCUT2D eigenvalue weighted by Crippen LogP contribution is 2.14. The van der Waals surface area contributed by atoms with Gasteiger partial charge in [0, 0.05) is 22.4 Å². The van der Waals surface area contributed by atoms with Gasteiger partial charge in [0.15, 0.2) is 5.11 Å². The molecule has 0 aliphatic carbocycles. The molecule has 0 saturated heterocycles. The maximum absolute atomic E-state index is 12.5. The highest BCUT2D eigenvalue weighted by molar-refractivity contribution is 7.80. The van der Waals surface area contributed by atoms with Crippen LogP contribution in [-0.4, -0.2) is 29.1 Å². The van der Waals surface area contributed by atoms with E-state index in [4.69, 9.17) is 17.0 Å². The van der Waals surface area contributed by atoms with Crippen molar-refractivity contribution in [3.05, 3.63) is 59.7 Å². The maximum atomic E-state index is 12.5. The van der Waals surface area contributed by atoms with E-state index in [1.54, 1.807) is 48.5 Å². The molecule has 0 bridgehead atoms. The lowest BCUT2D eigenvalue weighted by Crippen LogP contribution is -2.40. The molecule has 2 aromatic carbocycles. The van der Waals surface area contributed by atoms with Crippen molar-refractivity contribution in [3.8, 4) is 5.75 Å². The van der Waals surface area contributed by atoms with Gasteiger partial charge in [0.1, 0.15) is 5.75 Å². The van der Waals surface area contributed by atoms with E-state index in [1.165, 1.54) is 25.7 Å². The summed E-state index contributed by atoms with van der Waals surface area (Å²) < 4.78 is 5.74. The first-order chi connectivity index (χ1) is 15.7. The molecule has 2 rings (SSSR count). The molecular formula is C26H35N3O3S. The highest BCUT2D eigenvalue weighted by Gasteiger charge is 2.15. The Kier molecular flexibility index (Phi) is 10.3. The molecule has 33 heavy (non-hydrogen) atoms. The lowest BCUT2D eigenvalue weighted by atomic mass is 10.1. The van der Waals surface area contributed by atoms with Crippen molar-refractivity contribution < 1.29 is 14.3 Å². The standard InChI is InChI=1S/C26H35N3O3S/c1-5-6-7-8-9-18-32-22-16-12-19(13-17-22)23(30)28-25(33)27-21-14-10-20(11-15-21)24(31)29-26(2,3)4/h10-17H,5-9,18H2,1-4H3,(H,29,31)(H2,27,28,30,33). The van der Waals surface area contributed by atoms with Gasteiger partial charge < -0.3 is 15.4 Å². The van der Waals surface area contributed by atoms with Gasteiger partial charge in [-0.1, -0.05) is 32.6 Å². The van der Waals surface area contributed by atoms with Gasteiger partial charge in [0.05, 0.1) is 6.61 Å². The van der Waals surface area contributed by atoms with Gasteiger partial charge in [-0.05, 0) is 87.9 Å². The number of nitrogens with one attached hydrogen (secondary N) is 3. The van der Waals surface area contributed by atoms with Crippen LogP contribution in [0.3, 0.4) is 0 Å². The maximum Gasteiger partial charge on any atom is 0.257 e. The second-order valence-electron chi connectivity index (χ2n) is 8.98. The summed E-state index contributed by atoms with van der Waals surface area (Å²) in [7, 11) is 0. The third-order valence-corrected chi connectivity index (χ3v) is 4.96. The average molecular weight is 470 g/mol. The Balaban J connectivity index is 1.79. The Labute approximate surface area is 202 Å². The van der Waals surface area contributed by atoms with Gasteiger partial charge in [-0.15, -0.1) is 0 Å². The molecular weight excluding hydrogens is 434 g/mol. The first-order valence-corrected chi connectivity index (χ1v) is 11.9. The van der Waals surface area contributed by atoms with Gasteiger partial charge in [-0.25, -0.2) is 0 Å². The van der Waals surface area contributed by atoms with E-state index in [9.17, 15) is 9.59 Å². The Morgan fingerprint density at radius 2 is 1.42 bits per heavy atom. The monoisotopic (exact) mass is 469 g/mol. The number of hydrogen-bond acceptors (Lipinski definition) is 4. The topological polar surface area (TPSA) is 79.5 Å². The predicted molar refractivity (Wildman–Crippen MR) is 138 cm³/mol. The molecule has 7 heteroatoms. The van der Waals surface area contributed by atoms with E-state index in [0.717, 1.165) is 12.2 Å². The van der Waals surface area contributed by atoms with Crippen LogP contribution in [0.2, 0.25) is 0 Å². The van der Waals surface area contributed by atoms with Crippen molar-refractivity contribution >= 4 is 34.8 Å². The van der Waals surface area contributed by atoms with Crippen molar-refractivity contribution in [1.82, 2.24) is 10.6 Å². The third-order valence-electron chi connectivity index (χ3n) is 4.75. The molecule has 3 N–H and O–H groups in total. The van der Waals surface area contributed by atoms with Crippen molar-refractivity contribution in [3.63, 3.8) is 0 Å². The molecule has 178 valence electrons. The Morgan fingerprint density at radius 1 is 0.848 bits per heavy atom. The molecule has 0 fully saturated rings. The fourth-order valence-electron chi connectivity index (χ4n) is 3.05. The zero-order valence-corrected chi connectivity index (χ0v) is 20.8. The van der Waals surface area contributed by atoms with Gasteiger partial charge >= 0.3 is 0 Å². The lowest BCUT2D eigenvalue weighted by Gasteiger charge is -2.20. The van der Waals surface area contributed by atoms with E-state index in [-0.39, 0.29) is 22.5 Å². The van der Waals surface area contributed by atoms with Gasteiger partial charge in [-0.2, -0.15) is 0 Å². The van der Waals surface area contributed by atoms with E-state index in [0.29, 0.717) is 23.4 Å². The molecule has 0 aliphatic rings. The first kappa shape index (κ1) is 26.3. The second-order valence-corrected chi connectivity index (χ2v) is 9.39. The van der Waals surface area contributed by atoms with Crippen LogP contribution >= 0.6 is 12.2 Å². The van der Waals surface area contributed by atoms with Crippen LogP contribution in [0.5, 0.6) is 5.75 Å². The van der Waals surface area contributed by atoms with Crippen LogP contribution in [0.4, 0.5) is 5.69 Å². The molecule has 0 saturated carbocycles. The largest absolute Gasteiger partial charge is 0.494 e. The zero-order valence-electron chi connectivity index (χ0n) is 20.0. The molecule has 0 aliphatic heterocycles.